The summed E-state index contributed by atoms with van der Waals surface area (Å²) in [7, 11) is 0. The first-order chi connectivity index (χ1) is 7.24. The van der Waals surface area contributed by atoms with Crippen LogP contribution in [0, 0.1) is 0 Å². The van der Waals surface area contributed by atoms with Gasteiger partial charge in [0.2, 0.25) is 11.6 Å². The minimum Gasteiger partial charge on any atom is -0.360 e. The number of nitrogens with one attached hydrogen (secondary N) is 1. The highest BCUT2D eigenvalue weighted by Crippen LogP contribution is 2.18. The van der Waals surface area contributed by atoms with E-state index in [1.54, 1.807) is 6.20 Å². The third-order valence-electron chi connectivity index (χ3n) is 2.21. The number of para-hydroxylation sites is 1. The summed E-state index contributed by atoms with van der Waals surface area (Å²) >= 11 is 2.98. The van der Waals surface area contributed by atoms with Gasteiger partial charge in [-0.15, -0.1) is 0 Å². The smallest absolute Gasteiger partial charge is 0.231 e. The van der Waals surface area contributed by atoms with E-state index in [9.17, 15) is 9.59 Å². The van der Waals surface area contributed by atoms with Gasteiger partial charge in [-0.3, -0.25) is 9.59 Å². The average molecular weight is 266 g/mol. The van der Waals surface area contributed by atoms with Gasteiger partial charge in [-0.05, 0) is 6.07 Å². The number of rotatable bonds is 3. The van der Waals surface area contributed by atoms with E-state index in [-0.39, 0.29) is 5.33 Å². The summed E-state index contributed by atoms with van der Waals surface area (Å²) in [6.07, 6.45) is 1.58. The Morgan fingerprint density at radius 1 is 1.27 bits per heavy atom. The first kappa shape index (κ1) is 10.1. The van der Waals surface area contributed by atoms with Crippen LogP contribution in [0.3, 0.4) is 0 Å². The molecule has 3 nitrogen and oxygen atoms in total. The molecule has 1 N–H and O–H groups in total. The highest BCUT2D eigenvalue weighted by molar-refractivity contribution is 9.09. The fourth-order valence-electron chi connectivity index (χ4n) is 1.47. The number of ketones is 2. The lowest BCUT2D eigenvalue weighted by Crippen LogP contribution is -2.14. The van der Waals surface area contributed by atoms with E-state index < -0.39 is 11.6 Å². The van der Waals surface area contributed by atoms with Gasteiger partial charge in [-0.1, -0.05) is 34.1 Å². The van der Waals surface area contributed by atoms with Crippen molar-refractivity contribution in [3.05, 3.63) is 36.0 Å². The third-order valence-corrected chi connectivity index (χ3v) is 2.72. The number of carbonyl (C=O) groups excluding carboxylic acids is 2. The van der Waals surface area contributed by atoms with E-state index in [2.05, 4.69) is 20.9 Å². The zero-order valence-corrected chi connectivity index (χ0v) is 9.37. The van der Waals surface area contributed by atoms with Gasteiger partial charge < -0.3 is 4.98 Å². The van der Waals surface area contributed by atoms with Crippen LogP contribution in [0.5, 0.6) is 0 Å². The molecule has 0 unspecified atom stereocenters. The summed E-state index contributed by atoms with van der Waals surface area (Å²) in [4.78, 5) is 25.9. The lowest BCUT2D eigenvalue weighted by Gasteiger charge is -1.94. The van der Waals surface area contributed by atoms with Crippen LogP contribution in [0.25, 0.3) is 10.9 Å². The number of carbonyl (C=O) groups is 2. The topological polar surface area (TPSA) is 49.9 Å². The fraction of sp³-hybridized carbons (Fsp3) is 0.0909. The van der Waals surface area contributed by atoms with Crippen LogP contribution < -0.4 is 0 Å². The highest BCUT2D eigenvalue weighted by atomic mass is 79.9. The minimum atomic E-state index is -0.454. The summed E-state index contributed by atoms with van der Waals surface area (Å²) < 4.78 is 0. The molecule has 0 atom stereocenters. The summed E-state index contributed by atoms with van der Waals surface area (Å²) in [6.45, 7) is 0. The number of fused-ring (bicyclic) bond motifs is 1. The maximum absolute atomic E-state index is 11.7. The van der Waals surface area contributed by atoms with Gasteiger partial charge in [-0.2, -0.15) is 0 Å². The van der Waals surface area contributed by atoms with Crippen LogP contribution in [0.15, 0.2) is 30.5 Å². The molecule has 2 rings (SSSR count). The van der Waals surface area contributed by atoms with E-state index in [1.165, 1.54) is 0 Å². The Kier molecular flexibility index (Phi) is 2.68. The van der Waals surface area contributed by atoms with E-state index in [0.717, 1.165) is 10.9 Å². The molecule has 15 heavy (non-hydrogen) atoms. The Balaban J connectivity index is 2.53. The van der Waals surface area contributed by atoms with Crippen molar-refractivity contribution >= 4 is 38.4 Å². The van der Waals surface area contributed by atoms with Crippen LogP contribution >= 0.6 is 15.9 Å². The van der Waals surface area contributed by atoms with E-state index in [0.29, 0.717) is 5.56 Å². The molecule has 0 spiro atoms. The molecule has 0 fully saturated rings. The fourth-order valence-corrected chi connectivity index (χ4v) is 1.72. The monoisotopic (exact) mass is 265 g/mol. The van der Waals surface area contributed by atoms with Crippen molar-refractivity contribution in [2.75, 3.05) is 5.33 Å². The number of alkyl halides is 1. The predicted octanol–water partition coefficient (Wildman–Crippen LogP) is 2.31. The Bertz CT molecular complexity index is 530. The molecule has 1 heterocycles. The molecular weight excluding hydrogens is 258 g/mol. The second-order valence-electron chi connectivity index (χ2n) is 3.13. The van der Waals surface area contributed by atoms with Crippen LogP contribution in [0.1, 0.15) is 10.4 Å². The number of aromatic nitrogens is 1. The third kappa shape index (κ3) is 1.72. The summed E-state index contributed by atoms with van der Waals surface area (Å²) in [5.41, 5.74) is 1.30. The van der Waals surface area contributed by atoms with E-state index in [4.69, 9.17) is 0 Å². The number of halogens is 1. The zero-order valence-electron chi connectivity index (χ0n) is 7.79. The predicted molar refractivity (Wildman–Crippen MR) is 61.4 cm³/mol. The molecule has 0 saturated heterocycles. The summed E-state index contributed by atoms with van der Waals surface area (Å²) in [5.74, 6) is -0.885. The maximum atomic E-state index is 11.7. The molecule has 0 amide bonds. The molecule has 0 aliphatic heterocycles. The molecule has 1 aromatic heterocycles. The van der Waals surface area contributed by atoms with E-state index >= 15 is 0 Å². The standard InChI is InChI=1S/C11H8BrNO2/c12-5-10(14)11(15)8-6-13-9-4-2-1-3-7(8)9/h1-4,6,13H,5H2. The Morgan fingerprint density at radius 2 is 2.00 bits per heavy atom. The number of hydrogen-bond donors (Lipinski definition) is 1. The van der Waals surface area contributed by atoms with Gasteiger partial charge in [0, 0.05) is 17.1 Å². The van der Waals surface area contributed by atoms with Crippen LogP contribution in [-0.4, -0.2) is 21.9 Å². The Labute approximate surface area is 94.6 Å². The van der Waals surface area contributed by atoms with Crippen molar-refractivity contribution in [1.29, 1.82) is 0 Å². The van der Waals surface area contributed by atoms with Crippen molar-refractivity contribution in [1.82, 2.24) is 4.98 Å². The van der Waals surface area contributed by atoms with Crippen molar-refractivity contribution in [3.63, 3.8) is 0 Å². The molecular formula is C11H8BrNO2. The lowest BCUT2D eigenvalue weighted by molar-refractivity contribution is -0.112. The molecule has 1 aromatic carbocycles. The molecule has 76 valence electrons. The normalized spacial score (nSPS) is 10.5. The van der Waals surface area contributed by atoms with Gasteiger partial charge in [0.1, 0.15) is 0 Å². The van der Waals surface area contributed by atoms with Gasteiger partial charge in [0.15, 0.2) is 0 Å². The summed E-state index contributed by atoms with van der Waals surface area (Å²) in [6, 6.07) is 7.40. The number of hydrogen-bond acceptors (Lipinski definition) is 2. The molecule has 0 saturated carbocycles. The summed E-state index contributed by atoms with van der Waals surface area (Å²) in [5, 5.41) is 0.850. The van der Waals surface area contributed by atoms with Gasteiger partial charge >= 0.3 is 0 Å². The molecule has 0 radical (unpaired) electrons. The molecule has 0 bridgehead atoms. The van der Waals surface area contributed by atoms with E-state index in [1.807, 2.05) is 24.3 Å². The Hall–Kier alpha value is -1.42. The second kappa shape index (κ2) is 3.98. The maximum Gasteiger partial charge on any atom is 0.231 e. The second-order valence-corrected chi connectivity index (χ2v) is 3.69. The number of Topliss-reactive ketones (excluding diaryl/α,β-unsaturated/α-hetero) is 2. The highest BCUT2D eigenvalue weighted by Gasteiger charge is 2.17. The molecule has 0 aliphatic rings. The number of H-pyrrole nitrogens is 1. The number of benzene rings is 1. The molecule has 4 heteroatoms. The van der Waals surface area contributed by atoms with Gasteiger partial charge in [0.25, 0.3) is 0 Å². The Morgan fingerprint density at radius 3 is 2.73 bits per heavy atom. The van der Waals surface area contributed by atoms with Gasteiger partial charge in [-0.25, -0.2) is 0 Å². The lowest BCUT2D eigenvalue weighted by atomic mass is 10.1. The average Bonchev–Trinajstić information content (AvgIpc) is 2.70. The van der Waals surface area contributed by atoms with Gasteiger partial charge in [0.05, 0.1) is 10.9 Å². The van der Waals surface area contributed by atoms with Crippen molar-refractivity contribution < 1.29 is 9.59 Å². The van der Waals surface area contributed by atoms with Crippen LogP contribution in [0.4, 0.5) is 0 Å². The first-order valence-corrected chi connectivity index (χ1v) is 5.56. The van der Waals surface area contributed by atoms with Crippen molar-refractivity contribution in [2.45, 2.75) is 0 Å². The van der Waals surface area contributed by atoms with Crippen molar-refractivity contribution in [3.8, 4) is 0 Å². The largest absolute Gasteiger partial charge is 0.360 e. The first-order valence-electron chi connectivity index (χ1n) is 4.43. The van der Waals surface area contributed by atoms with Crippen LogP contribution in [0.2, 0.25) is 0 Å². The zero-order chi connectivity index (χ0) is 10.8. The van der Waals surface area contributed by atoms with Crippen molar-refractivity contribution in [2.24, 2.45) is 0 Å². The minimum absolute atomic E-state index is 0.0609. The van der Waals surface area contributed by atoms with Crippen LogP contribution in [-0.2, 0) is 4.79 Å². The number of aromatic amines is 1. The quantitative estimate of drug-likeness (QED) is 0.526. The molecule has 0 aliphatic carbocycles. The SMILES string of the molecule is O=C(CBr)C(=O)c1c[nH]c2ccccc12. The molecule has 2 aromatic rings.